The van der Waals surface area contributed by atoms with E-state index in [4.69, 9.17) is 11.6 Å². The van der Waals surface area contributed by atoms with Crippen LogP contribution in [0.4, 0.5) is 5.69 Å². The number of amides is 2. The maximum absolute atomic E-state index is 12.8. The van der Waals surface area contributed by atoms with Gasteiger partial charge in [0.15, 0.2) is 0 Å². The minimum atomic E-state index is -0.602. The highest BCUT2D eigenvalue weighted by atomic mass is 35.5. The molecule has 5 heteroatoms. The van der Waals surface area contributed by atoms with Gasteiger partial charge in [-0.15, -0.1) is 11.6 Å². The summed E-state index contributed by atoms with van der Waals surface area (Å²) < 4.78 is 0. The van der Waals surface area contributed by atoms with Crippen molar-refractivity contribution in [3.63, 3.8) is 0 Å². The molecule has 4 nitrogen and oxygen atoms in total. The van der Waals surface area contributed by atoms with Gasteiger partial charge in [0.2, 0.25) is 11.8 Å². The number of para-hydroxylation sites is 1. The van der Waals surface area contributed by atoms with Crippen molar-refractivity contribution in [2.75, 3.05) is 10.8 Å². The normalized spacial score (nSPS) is 19.7. The summed E-state index contributed by atoms with van der Waals surface area (Å²) in [6.07, 6.45) is 0. The van der Waals surface area contributed by atoms with Crippen LogP contribution in [0.5, 0.6) is 0 Å². The average molecular weight is 323 g/mol. The Morgan fingerprint density at radius 2 is 1.86 bits per heavy atom. The molecule has 0 aromatic heterocycles. The third-order valence-corrected chi connectivity index (χ3v) is 4.16. The minimum absolute atomic E-state index is 0.149. The molecule has 1 aromatic carbocycles. The number of alkyl halides is 1. The topological polar surface area (TPSA) is 49.4 Å². The Balaban J connectivity index is 2.51. The summed E-state index contributed by atoms with van der Waals surface area (Å²) in [6.45, 7) is 9.75. The largest absolute Gasteiger partial charge is 0.350 e. The molecule has 0 bridgehead atoms. The Morgan fingerprint density at radius 3 is 2.41 bits per heavy atom. The van der Waals surface area contributed by atoms with Gasteiger partial charge in [-0.3, -0.25) is 14.5 Å². The van der Waals surface area contributed by atoms with E-state index in [1.165, 1.54) is 0 Å². The van der Waals surface area contributed by atoms with E-state index in [9.17, 15) is 9.59 Å². The zero-order chi connectivity index (χ0) is 16.7. The fraction of sp³-hybridized carbons (Fsp3) is 0.529. The molecule has 1 aliphatic rings. The molecule has 1 atom stereocenters. The van der Waals surface area contributed by atoms with Gasteiger partial charge < -0.3 is 5.32 Å². The van der Waals surface area contributed by atoms with Crippen LogP contribution in [0.15, 0.2) is 24.3 Å². The van der Waals surface area contributed by atoms with E-state index in [1.54, 1.807) is 4.90 Å². The Kier molecular flexibility index (Phi) is 4.26. The van der Waals surface area contributed by atoms with Crippen LogP contribution >= 0.6 is 11.6 Å². The maximum Gasteiger partial charge on any atom is 0.244 e. The van der Waals surface area contributed by atoms with E-state index in [0.717, 1.165) is 11.3 Å². The van der Waals surface area contributed by atoms with Crippen LogP contribution in [-0.2, 0) is 15.0 Å². The zero-order valence-electron chi connectivity index (χ0n) is 13.7. The van der Waals surface area contributed by atoms with Crippen molar-refractivity contribution >= 4 is 29.1 Å². The fourth-order valence-electron chi connectivity index (χ4n) is 3.06. The second-order valence-corrected chi connectivity index (χ2v) is 7.55. The molecule has 0 radical (unpaired) electrons. The second-order valence-electron chi connectivity index (χ2n) is 7.28. The number of carbonyl (C=O) groups is 2. The molecule has 1 N–H and O–H groups in total. The summed E-state index contributed by atoms with van der Waals surface area (Å²) in [5.74, 6) is -0.565. The summed E-state index contributed by atoms with van der Waals surface area (Å²) in [5, 5.41) is 2.98. The van der Waals surface area contributed by atoms with E-state index >= 15 is 0 Å². The number of halogens is 1. The number of rotatable bonds is 2. The first kappa shape index (κ1) is 16.8. The van der Waals surface area contributed by atoms with E-state index < -0.39 is 11.5 Å². The van der Waals surface area contributed by atoms with Crippen LogP contribution < -0.4 is 10.2 Å². The standard InChI is InChI=1S/C17H23ClN2O2/c1-16(2,3)19-15(22)14-17(4,5)11-8-6-7-9-12(11)20(14)13(21)10-18/h6-9,14H,10H2,1-5H3,(H,19,22). The lowest BCUT2D eigenvalue weighted by Gasteiger charge is -2.34. The number of benzene rings is 1. The van der Waals surface area contributed by atoms with Gasteiger partial charge >= 0.3 is 0 Å². The van der Waals surface area contributed by atoms with E-state index in [0.29, 0.717) is 0 Å². The second kappa shape index (κ2) is 5.58. The highest BCUT2D eigenvalue weighted by Crippen LogP contribution is 2.45. The Labute approximate surface area is 136 Å². The Hall–Kier alpha value is -1.55. The summed E-state index contributed by atoms with van der Waals surface area (Å²) >= 11 is 5.77. The van der Waals surface area contributed by atoms with Gasteiger partial charge in [0.1, 0.15) is 11.9 Å². The molecule has 0 saturated carbocycles. The first-order chi connectivity index (χ1) is 10.1. The van der Waals surface area contributed by atoms with Crippen LogP contribution in [0, 0.1) is 0 Å². The number of anilines is 1. The predicted octanol–water partition coefficient (Wildman–Crippen LogP) is 2.83. The summed E-state index contributed by atoms with van der Waals surface area (Å²) in [4.78, 5) is 26.7. The van der Waals surface area contributed by atoms with Crippen LogP contribution in [0.1, 0.15) is 40.2 Å². The third-order valence-electron chi connectivity index (χ3n) is 3.93. The highest BCUT2D eigenvalue weighted by molar-refractivity contribution is 6.30. The third kappa shape index (κ3) is 2.84. The molecule has 2 rings (SSSR count). The van der Waals surface area contributed by atoms with E-state index in [1.807, 2.05) is 58.9 Å². The minimum Gasteiger partial charge on any atom is -0.350 e. The molecule has 1 aromatic rings. The van der Waals surface area contributed by atoms with Crippen molar-refractivity contribution in [3.8, 4) is 0 Å². The molecule has 0 spiro atoms. The summed E-state index contributed by atoms with van der Waals surface area (Å²) in [5.41, 5.74) is 0.917. The van der Waals surface area contributed by atoms with Crippen LogP contribution in [0.3, 0.4) is 0 Å². The maximum atomic E-state index is 12.8. The lowest BCUT2D eigenvalue weighted by molar-refractivity contribution is -0.127. The van der Waals surface area contributed by atoms with Gasteiger partial charge in [-0.25, -0.2) is 0 Å². The van der Waals surface area contributed by atoms with Crippen molar-refractivity contribution in [1.82, 2.24) is 5.32 Å². The molecule has 1 unspecified atom stereocenters. The summed E-state index contributed by atoms with van der Waals surface area (Å²) in [7, 11) is 0. The van der Waals surface area contributed by atoms with Crippen molar-refractivity contribution in [1.29, 1.82) is 0 Å². The average Bonchev–Trinajstić information content (AvgIpc) is 2.65. The zero-order valence-corrected chi connectivity index (χ0v) is 14.5. The molecule has 1 aliphatic heterocycles. The van der Waals surface area contributed by atoms with Gasteiger partial charge in [-0.2, -0.15) is 0 Å². The van der Waals surface area contributed by atoms with E-state index in [2.05, 4.69) is 5.32 Å². The molecule has 0 aliphatic carbocycles. The molecule has 2 amide bonds. The molecule has 0 saturated heterocycles. The van der Waals surface area contributed by atoms with Gasteiger partial charge in [0, 0.05) is 16.6 Å². The predicted molar refractivity (Wildman–Crippen MR) is 89.4 cm³/mol. The molecular formula is C17H23ClN2O2. The molecule has 1 heterocycles. The summed E-state index contributed by atoms with van der Waals surface area (Å²) in [6, 6.07) is 7.03. The number of hydrogen-bond acceptors (Lipinski definition) is 2. The number of nitrogens with zero attached hydrogens (tertiary/aromatic N) is 1. The Bertz CT molecular complexity index is 605. The smallest absolute Gasteiger partial charge is 0.244 e. The lowest BCUT2D eigenvalue weighted by Crippen LogP contribution is -2.57. The van der Waals surface area contributed by atoms with Crippen molar-refractivity contribution < 1.29 is 9.59 Å². The van der Waals surface area contributed by atoms with Crippen molar-refractivity contribution in [2.45, 2.75) is 51.6 Å². The first-order valence-corrected chi connectivity index (χ1v) is 7.92. The van der Waals surface area contributed by atoms with Crippen molar-refractivity contribution in [2.24, 2.45) is 0 Å². The molecule has 0 fully saturated rings. The first-order valence-electron chi connectivity index (χ1n) is 7.39. The highest BCUT2D eigenvalue weighted by Gasteiger charge is 2.50. The number of nitrogens with one attached hydrogen (secondary N) is 1. The molecule has 120 valence electrons. The number of carbonyl (C=O) groups excluding carboxylic acids is 2. The Morgan fingerprint density at radius 1 is 1.27 bits per heavy atom. The van der Waals surface area contributed by atoms with Crippen LogP contribution in [0.25, 0.3) is 0 Å². The van der Waals surface area contributed by atoms with Crippen molar-refractivity contribution in [3.05, 3.63) is 29.8 Å². The van der Waals surface area contributed by atoms with E-state index in [-0.39, 0.29) is 23.2 Å². The quantitative estimate of drug-likeness (QED) is 0.851. The van der Waals surface area contributed by atoms with Gasteiger partial charge in [0.25, 0.3) is 0 Å². The van der Waals surface area contributed by atoms with Crippen LogP contribution in [0.2, 0.25) is 0 Å². The van der Waals surface area contributed by atoms with Gasteiger partial charge in [0.05, 0.1) is 0 Å². The number of fused-ring (bicyclic) bond motifs is 1. The van der Waals surface area contributed by atoms with Gasteiger partial charge in [-0.1, -0.05) is 32.0 Å². The van der Waals surface area contributed by atoms with Gasteiger partial charge in [-0.05, 0) is 32.4 Å². The lowest BCUT2D eigenvalue weighted by atomic mass is 9.80. The van der Waals surface area contributed by atoms with Crippen LogP contribution in [-0.4, -0.2) is 29.3 Å². The molecule has 22 heavy (non-hydrogen) atoms. The number of hydrogen-bond donors (Lipinski definition) is 1. The monoisotopic (exact) mass is 322 g/mol. The fourth-order valence-corrected chi connectivity index (χ4v) is 3.19. The SMILES string of the molecule is CC(C)(C)NC(=O)C1N(C(=O)CCl)c2ccccc2C1(C)C. The molecular weight excluding hydrogens is 300 g/mol.